The molecule has 0 aliphatic rings. The predicted molar refractivity (Wildman–Crippen MR) is 43.4 cm³/mol. The van der Waals surface area contributed by atoms with Gasteiger partial charge in [-0.1, -0.05) is 11.2 Å². The summed E-state index contributed by atoms with van der Waals surface area (Å²) >= 11 is 3.19. The molecule has 2 rings (SSSR count). The van der Waals surface area contributed by atoms with E-state index in [0.717, 1.165) is 5.39 Å². The van der Waals surface area contributed by atoms with Crippen molar-refractivity contribution >= 4 is 26.9 Å². The van der Waals surface area contributed by atoms with E-state index in [0.29, 0.717) is 10.2 Å². The number of nitrogens with zero attached hydrogens (tertiary/aromatic N) is 1. The van der Waals surface area contributed by atoms with E-state index < -0.39 is 0 Å². The van der Waals surface area contributed by atoms with Crippen LogP contribution in [-0.4, -0.2) is 10.3 Å². The van der Waals surface area contributed by atoms with Gasteiger partial charge in [-0.05, 0) is 28.1 Å². The van der Waals surface area contributed by atoms with Crippen molar-refractivity contribution in [3.63, 3.8) is 0 Å². The van der Waals surface area contributed by atoms with E-state index in [9.17, 15) is 5.11 Å². The van der Waals surface area contributed by atoms with Crippen molar-refractivity contribution in [2.45, 2.75) is 0 Å². The number of phenolic OH excluding ortho intramolecular Hbond substituents is 1. The van der Waals surface area contributed by atoms with Gasteiger partial charge in [0.05, 0.1) is 5.39 Å². The minimum Gasteiger partial charge on any atom is -0.504 e. The molecule has 56 valence electrons. The summed E-state index contributed by atoms with van der Waals surface area (Å²) in [5, 5.41) is 13.7. The Labute approximate surface area is 70.7 Å². The average molecular weight is 214 g/mol. The second-order valence-corrected chi connectivity index (χ2v) is 2.88. The van der Waals surface area contributed by atoms with Gasteiger partial charge < -0.3 is 9.63 Å². The van der Waals surface area contributed by atoms with E-state index in [1.807, 2.05) is 6.07 Å². The molecule has 0 aliphatic heterocycles. The second-order valence-electron chi connectivity index (χ2n) is 2.13. The van der Waals surface area contributed by atoms with Crippen molar-refractivity contribution in [1.29, 1.82) is 0 Å². The molecular weight excluding hydrogens is 210 g/mol. The van der Waals surface area contributed by atoms with E-state index in [4.69, 9.17) is 4.52 Å². The molecule has 0 radical (unpaired) electrons. The molecule has 11 heavy (non-hydrogen) atoms. The van der Waals surface area contributed by atoms with Crippen LogP contribution >= 0.6 is 15.9 Å². The van der Waals surface area contributed by atoms with Crippen LogP contribution in [0.25, 0.3) is 11.0 Å². The maximum absolute atomic E-state index is 9.23. The number of halogens is 1. The molecule has 1 aromatic carbocycles. The fourth-order valence-electron chi connectivity index (χ4n) is 0.918. The van der Waals surface area contributed by atoms with Gasteiger partial charge in [-0.3, -0.25) is 0 Å². The number of para-hydroxylation sites is 1. The van der Waals surface area contributed by atoms with Gasteiger partial charge in [0, 0.05) is 0 Å². The Bertz CT molecular complexity index is 396. The van der Waals surface area contributed by atoms with Crippen LogP contribution in [0.3, 0.4) is 0 Å². The van der Waals surface area contributed by atoms with Crippen LogP contribution in [0.5, 0.6) is 5.75 Å². The summed E-state index contributed by atoms with van der Waals surface area (Å²) in [5.41, 5.74) is 0.416. The third kappa shape index (κ3) is 0.903. The van der Waals surface area contributed by atoms with Crippen molar-refractivity contribution in [1.82, 2.24) is 5.16 Å². The third-order valence-electron chi connectivity index (χ3n) is 1.43. The normalized spacial score (nSPS) is 10.6. The fourth-order valence-corrected chi connectivity index (χ4v) is 1.30. The summed E-state index contributed by atoms with van der Waals surface area (Å²) in [5.74, 6) is 0.112. The number of benzene rings is 1. The Morgan fingerprint density at radius 2 is 2.27 bits per heavy atom. The first kappa shape index (κ1) is 6.67. The second kappa shape index (κ2) is 2.23. The monoisotopic (exact) mass is 213 g/mol. The zero-order valence-electron chi connectivity index (χ0n) is 5.41. The fraction of sp³-hybridized carbons (Fsp3) is 0. The maximum Gasteiger partial charge on any atom is 0.209 e. The SMILES string of the molecule is Oc1cccc2c(Br)noc12. The first-order chi connectivity index (χ1) is 5.29. The summed E-state index contributed by atoms with van der Waals surface area (Å²) in [7, 11) is 0. The maximum atomic E-state index is 9.23. The topological polar surface area (TPSA) is 46.3 Å². The van der Waals surface area contributed by atoms with Crippen molar-refractivity contribution in [2.24, 2.45) is 0 Å². The summed E-state index contributed by atoms with van der Waals surface area (Å²) < 4.78 is 5.45. The summed E-state index contributed by atoms with van der Waals surface area (Å²) in [6.45, 7) is 0. The molecule has 2 aromatic rings. The molecule has 0 aliphatic carbocycles. The highest BCUT2D eigenvalue weighted by molar-refractivity contribution is 9.10. The Kier molecular flexibility index (Phi) is 1.35. The van der Waals surface area contributed by atoms with Crippen LogP contribution in [-0.2, 0) is 0 Å². The minimum atomic E-state index is 0.112. The molecule has 1 heterocycles. The highest BCUT2D eigenvalue weighted by Gasteiger charge is 2.07. The molecule has 0 spiro atoms. The zero-order valence-corrected chi connectivity index (χ0v) is 7.00. The van der Waals surface area contributed by atoms with Crippen LogP contribution < -0.4 is 0 Å². The van der Waals surface area contributed by atoms with Crippen LogP contribution in [0.4, 0.5) is 0 Å². The van der Waals surface area contributed by atoms with Crippen LogP contribution in [0, 0.1) is 0 Å². The van der Waals surface area contributed by atoms with Crippen molar-refractivity contribution in [2.75, 3.05) is 0 Å². The highest BCUT2D eigenvalue weighted by atomic mass is 79.9. The molecule has 0 amide bonds. The molecule has 4 heteroatoms. The highest BCUT2D eigenvalue weighted by Crippen LogP contribution is 2.29. The molecule has 3 nitrogen and oxygen atoms in total. The van der Waals surface area contributed by atoms with E-state index in [2.05, 4.69) is 21.1 Å². The van der Waals surface area contributed by atoms with Crippen molar-refractivity contribution < 1.29 is 9.63 Å². The van der Waals surface area contributed by atoms with Crippen LogP contribution in [0.15, 0.2) is 27.3 Å². The average Bonchev–Trinajstić information content (AvgIpc) is 2.35. The first-order valence-corrected chi connectivity index (χ1v) is 3.81. The van der Waals surface area contributed by atoms with Gasteiger partial charge in [0.1, 0.15) is 0 Å². The standard InChI is InChI=1S/C7H4BrNO2/c8-7-4-2-1-3-5(10)6(4)11-9-7/h1-3,10H. The number of rotatable bonds is 0. The number of hydrogen-bond donors (Lipinski definition) is 1. The molecule has 1 aromatic heterocycles. The van der Waals surface area contributed by atoms with Gasteiger partial charge in [0.15, 0.2) is 10.4 Å². The first-order valence-electron chi connectivity index (χ1n) is 3.02. The molecule has 0 saturated heterocycles. The Hall–Kier alpha value is -1.03. The quantitative estimate of drug-likeness (QED) is 0.731. The lowest BCUT2D eigenvalue weighted by Crippen LogP contribution is -1.65. The van der Waals surface area contributed by atoms with Gasteiger partial charge in [-0.2, -0.15) is 0 Å². The number of phenols is 1. The Morgan fingerprint density at radius 3 is 3.00 bits per heavy atom. The molecule has 0 bridgehead atoms. The lowest BCUT2D eigenvalue weighted by atomic mass is 10.2. The largest absolute Gasteiger partial charge is 0.504 e. The zero-order chi connectivity index (χ0) is 7.84. The molecule has 0 atom stereocenters. The van der Waals surface area contributed by atoms with Gasteiger partial charge in [0.25, 0.3) is 0 Å². The minimum absolute atomic E-state index is 0.112. The van der Waals surface area contributed by atoms with Crippen LogP contribution in [0.2, 0.25) is 0 Å². The smallest absolute Gasteiger partial charge is 0.209 e. The lowest BCUT2D eigenvalue weighted by molar-refractivity contribution is 0.419. The van der Waals surface area contributed by atoms with Gasteiger partial charge >= 0.3 is 0 Å². The van der Waals surface area contributed by atoms with E-state index in [1.54, 1.807) is 12.1 Å². The number of hydrogen-bond acceptors (Lipinski definition) is 3. The summed E-state index contributed by atoms with van der Waals surface area (Å²) in [6.07, 6.45) is 0. The molecule has 0 unspecified atom stereocenters. The van der Waals surface area contributed by atoms with Gasteiger partial charge in [0.2, 0.25) is 5.58 Å². The Morgan fingerprint density at radius 1 is 1.45 bits per heavy atom. The summed E-state index contributed by atoms with van der Waals surface area (Å²) in [6, 6.07) is 5.11. The Balaban J connectivity index is 2.94. The molecule has 0 saturated carbocycles. The molecule has 1 N–H and O–H groups in total. The van der Waals surface area contributed by atoms with Crippen molar-refractivity contribution in [3.05, 3.63) is 22.8 Å². The summed E-state index contributed by atoms with van der Waals surface area (Å²) in [4.78, 5) is 0. The lowest BCUT2D eigenvalue weighted by Gasteiger charge is -1.88. The van der Waals surface area contributed by atoms with E-state index >= 15 is 0 Å². The van der Waals surface area contributed by atoms with Gasteiger partial charge in [-0.15, -0.1) is 0 Å². The van der Waals surface area contributed by atoms with E-state index in [1.165, 1.54) is 0 Å². The van der Waals surface area contributed by atoms with Crippen molar-refractivity contribution in [3.8, 4) is 5.75 Å². The third-order valence-corrected chi connectivity index (χ3v) is 2.01. The van der Waals surface area contributed by atoms with Gasteiger partial charge in [-0.25, -0.2) is 0 Å². The van der Waals surface area contributed by atoms with E-state index in [-0.39, 0.29) is 5.75 Å². The number of fused-ring (bicyclic) bond motifs is 1. The molecule has 0 fully saturated rings. The number of aromatic nitrogens is 1. The number of aromatic hydroxyl groups is 1. The molecular formula is C7H4BrNO2. The predicted octanol–water partition coefficient (Wildman–Crippen LogP) is 2.30. The van der Waals surface area contributed by atoms with Crippen LogP contribution in [0.1, 0.15) is 0 Å².